The Balaban J connectivity index is 3.91. The van der Waals surface area contributed by atoms with Crippen LogP contribution in [0.4, 0.5) is 0 Å². The van der Waals surface area contributed by atoms with Crippen LogP contribution in [0.1, 0.15) is 13.8 Å². The molecule has 0 aromatic heterocycles. The van der Waals surface area contributed by atoms with Crippen molar-refractivity contribution in [3.63, 3.8) is 0 Å². The second kappa shape index (κ2) is 6.29. The Morgan fingerprint density at radius 3 is 2.64 bits per heavy atom. The van der Waals surface area contributed by atoms with Crippen molar-refractivity contribution in [2.75, 3.05) is 6.26 Å². The Morgan fingerprint density at radius 2 is 2.18 bits per heavy atom. The molecule has 0 saturated carbocycles. The predicted octanol–water partition coefficient (Wildman–Crippen LogP) is 3.43. The fourth-order valence-electron chi connectivity index (χ4n) is 0.607. The van der Waals surface area contributed by atoms with Crippen LogP contribution in [0.3, 0.4) is 0 Å². The first-order chi connectivity index (χ1) is 5.20. The average molecular weight is 168 g/mol. The summed E-state index contributed by atoms with van der Waals surface area (Å²) in [4.78, 5) is 0. The molecule has 0 aliphatic heterocycles. The maximum atomic E-state index is 3.63. The topological polar surface area (TPSA) is 0 Å². The van der Waals surface area contributed by atoms with Crippen LogP contribution in [0.5, 0.6) is 0 Å². The first-order valence-corrected chi connectivity index (χ1v) is 4.99. The second-order valence-corrected chi connectivity index (χ2v) is 3.66. The highest BCUT2D eigenvalue weighted by molar-refractivity contribution is 7.99. The Bertz CT molecular complexity index is 166. The van der Waals surface area contributed by atoms with Gasteiger partial charge in [-0.25, -0.2) is 0 Å². The minimum atomic E-state index is 0.600. The highest BCUT2D eigenvalue weighted by atomic mass is 32.2. The second-order valence-electron chi connectivity index (χ2n) is 2.45. The number of thioether (sulfide) groups is 1. The van der Waals surface area contributed by atoms with Crippen LogP contribution in [0.2, 0.25) is 0 Å². The molecule has 0 aromatic carbocycles. The number of hydrogen-bond acceptors (Lipinski definition) is 1. The molecule has 0 aliphatic carbocycles. The first-order valence-electron chi connectivity index (χ1n) is 3.71. The van der Waals surface area contributed by atoms with E-state index in [-0.39, 0.29) is 0 Å². The van der Waals surface area contributed by atoms with Gasteiger partial charge in [0.15, 0.2) is 0 Å². The van der Waals surface area contributed by atoms with E-state index in [1.54, 1.807) is 0 Å². The molecule has 0 amide bonds. The van der Waals surface area contributed by atoms with Gasteiger partial charge >= 0.3 is 0 Å². The van der Waals surface area contributed by atoms with Crippen molar-refractivity contribution in [1.82, 2.24) is 0 Å². The van der Waals surface area contributed by atoms with Crippen LogP contribution in [-0.2, 0) is 0 Å². The molecule has 0 saturated heterocycles. The zero-order valence-corrected chi connectivity index (χ0v) is 8.32. The highest BCUT2D eigenvalue weighted by Crippen LogP contribution is 2.07. The summed E-state index contributed by atoms with van der Waals surface area (Å²) in [6.07, 6.45) is 10.2. The lowest BCUT2D eigenvalue weighted by atomic mass is 10.2. The molecular formula is C10H16S. The van der Waals surface area contributed by atoms with E-state index in [9.17, 15) is 0 Å². The Labute approximate surface area is 74.1 Å². The van der Waals surface area contributed by atoms with Crippen LogP contribution >= 0.6 is 11.8 Å². The Kier molecular flexibility index (Phi) is 6.05. The SMILES string of the molecule is C=C/C=C(C)\C=C/C(C)SC. The van der Waals surface area contributed by atoms with Gasteiger partial charge in [-0.05, 0) is 20.1 Å². The normalized spacial score (nSPS) is 15.4. The Hall–Kier alpha value is -0.430. The number of allylic oxidation sites excluding steroid dienone is 4. The van der Waals surface area contributed by atoms with Crippen molar-refractivity contribution in [2.24, 2.45) is 0 Å². The molecule has 0 aromatic rings. The Morgan fingerprint density at radius 1 is 1.55 bits per heavy atom. The van der Waals surface area contributed by atoms with Crippen LogP contribution in [0, 0.1) is 0 Å². The van der Waals surface area contributed by atoms with Gasteiger partial charge in [0.1, 0.15) is 0 Å². The smallest absolute Gasteiger partial charge is 0.0199 e. The summed E-state index contributed by atoms with van der Waals surface area (Å²) in [6, 6.07) is 0. The number of rotatable bonds is 4. The summed E-state index contributed by atoms with van der Waals surface area (Å²) >= 11 is 1.84. The van der Waals surface area contributed by atoms with Gasteiger partial charge in [-0.15, -0.1) is 0 Å². The minimum absolute atomic E-state index is 0.600. The third kappa shape index (κ3) is 5.99. The maximum Gasteiger partial charge on any atom is 0.0199 e. The molecule has 0 spiro atoms. The van der Waals surface area contributed by atoms with Crippen molar-refractivity contribution in [3.8, 4) is 0 Å². The van der Waals surface area contributed by atoms with Gasteiger partial charge in [0.2, 0.25) is 0 Å². The van der Waals surface area contributed by atoms with E-state index in [1.807, 2.05) is 23.9 Å². The van der Waals surface area contributed by atoms with Crippen LogP contribution in [0.25, 0.3) is 0 Å². The molecule has 0 nitrogen and oxygen atoms in total. The first kappa shape index (κ1) is 10.6. The maximum absolute atomic E-state index is 3.63. The van der Waals surface area contributed by atoms with Crippen LogP contribution < -0.4 is 0 Å². The van der Waals surface area contributed by atoms with E-state index in [0.717, 1.165) is 0 Å². The summed E-state index contributed by atoms with van der Waals surface area (Å²) < 4.78 is 0. The van der Waals surface area contributed by atoms with E-state index in [0.29, 0.717) is 5.25 Å². The molecule has 0 radical (unpaired) electrons. The molecule has 0 aliphatic rings. The molecule has 0 rings (SSSR count). The van der Waals surface area contributed by atoms with Crippen molar-refractivity contribution in [2.45, 2.75) is 19.1 Å². The monoisotopic (exact) mass is 168 g/mol. The predicted molar refractivity (Wildman–Crippen MR) is 56.1 cm³/mol. The summed E-state index contributed by atoms with van der Waals surface area (Å²) in [5, 5.41) is 0.600. The van der Waals surface area contributed by atoms with E-state index < -0.39 is 0 Å². The fourth-order valence-corrected chi connectivity index (χ4v) is 0.843. The quantitative estimate of drug-likeness (QED) is 0.580. The van der Waals surface area contributed by atoms with Crippen molar-refractivity contribution in [3.05, 3.63) is 36.5 Å². The molecule has 1 heteroatoms. The zero-order valence-electron chi connectivity index (χ0n) is 7.50. The van der Waals surface area contributed by atoms with Crippen molar-refractivity contribution in [1.29, 1.82) is 0 Å². The number of hydrogen-bond donors (Lipinski definition) is 0. The van der Waals surface area contributed by atoms with Gasteiger partial charge in [0.05, 0.1) is 0 Å². The van der Waals surface area contributed by atoms with Gasteiger partial charge in [-0.2, -0.15) is 11.8 Å². The largest absolute Gasteiger partial charge is 0.158 e. The van der Waals surface area contributed by atoms with Crippen molar-refractivity contribution < 1.29 is 0 Å². The summed E-state index contributed by atoms with van der Waals surface area (Å²) in [5.74, 6) is 0. The average Bonchev–Trinajstić information content (AvgIpc) is 2.01. The van der Waals surface area contributed by atoms with Crippen LogP contribution in [-0.4, -0.2) is 11.5 Å². The van der Waals surface area contributed by atoms with Gasteiger partial charge in [0.25, 0.3) is 0 Å². The van der Waals surface area contributed by atoms with Crippen LogP contribution in [0.15, 0.2) is 36.5 Å². The fraction of sp³-hybridized carbons (Fsp3) is 0.400. The molecule has 0 bridgehead atoms. The lowest BCUT2D eigenvalue weighted by molar-refractivity contribution is 1.24. The molecule has 1 unspecified atom stereocenters. The van der Waals surface area contributed by atoms with E-state index in [1.165, 1.54) is 5.57 Å². The molecule has 1 atom stereocenters. The molecular weight excluding hydrogens is 152 g/mol. The lowest BCUT2D eigenvalue weighted by Gasteiger charge is -1.98. The van der Waals surface area contributed by atoms with Crippen molar-refractivity contribution >= 4 is 11.8 Å². The lowest BCUT2D eigenvalue weighted by Crippen LogP contribution is -1.86. The van der Waals surface area contributed by atoms with Gasteiger partial charge in [-0.3, -0.25) is 0 Å². The summed E-state index contributed by atoms with van der Waals surface area (Å²) in [5.41, 5.74) is 1.25. The third-order valence-electron chi connectivity index (χ3n) is 1.38. The molecule has 62 valence electrons. The van der Waals surface area contributed by atoms with Gasteiger partial charge in [0, 0.05) is 5.25 Å². The molecule has 0 N–H and O–H groups in total. The molecule has 11 heavy (non-hydrogen) atoms. The summed E-state index contributed by atoms with van der Waals surface area (Å²) in [7, 11) is 0. The third-order valence-corrected chi connectivity index (χ3v) is 2.28. The zero-order chi connectivity index (χ0) is 8.69. The summed E-state index contributed by atoms with van der Waals surface area (Å²) in [6.45, 7) is 7.89. The standard InChI is InChI=1S/C10H16S/c1-5-6-9(2)7-8-10(3)11-4/h5-8,10H,1H2,2-4H3/b8-7-,9-6-. The highest BCUT2D eigenvalue weighted by Gasteiger charge is 1.89. The van der Waals surface area contributed by atoms with E-state index in [2.05, 4.69) is 38.8 Å². The van der Waals surface area contributed by atoms with E-state index >= 15 is 0 Å². The van der Waals surface area contributed by atoms with Gasteiger partial charge in [-0.1, -0.05) is 36.5 Å². The molecule has 0 heterocycles. The van der Waals surface area contributed by atoms with E-state index in [4.69, 9.17) is 0 Å². The minimum Gasteiger partial charge on any atom is -0.158 e. The van der Waals surface area contributed by atoms with Gasteiger partial charge < -0.3 is 0 Å². The molecule has 0 fully saturated rings.